The molecule has 0 aliphatic heterocycles. The Balaban J connectivity index is 2.95. The van der Waals surface area contributed by atoms with Gasteiger partial charge < -0.3 is 4.74 Å². The number of benzene rings is 1. The SMILES string of the molecule is CCCOc1ccc([C](C)C)cc1C#N. The quantitative estimate of drug-likeness (QED) is 0.750. The molecule has 0 unspecified atom stereocenters. The summed E-state index contributed by atoms with van der Waals surface area (Å²) in [5, 5.41) is 8.98. The Morgan fingerprint density at radius 2 is 2.13 bits per heavy atom. The molecule has 0 saturated carbocycles. The van der Waals surface area contributed by atoms with E-state index in [-0.39, 0.29) is 0 Å². The van der Waals surface area contributed by atoms with Crippen molar-refractivity contribution < 1.29 is 4.74 Å². The molecule has 1 aromatic carbocycles. The lowest BCUT2D eigenvalue weighted by molar-refractivity contribution is 0.316. The molecule has 0 atom stereocenters. The molecule has 0 aliphatic rings. The van der Waals surface area contributed by atoms with Gasteiger partial charge in [-0.05, 0) is 30.0 Å². The van der Waals surface area contributed by atoms with Crippen molar-refractivity contribution in [3.63, 3.8) is 0 Å². The van der Waals surface area contributed by atoms with Gasteiger partial charge in [0.15, 0.2) is 0 Å². The zero-order valence-corrected chi connectivity index (χ0v) is 9.50. The topological polar surface area (TPSA) is 33.0 Å². The summed E-state index contributed by atoms with van der Waals surface area (Å²) in [6.45, 7) is 6.76. The third kappa shape index (κ3) is 2.99. The van der Waals surface area contributed by atoms with Crippen molar-refractivity contribution in [3.05, 3.63) is 35.2 Å². The van der Waals surface area contributed by atoms with Gasteiger partial charge in [-0.3, -0.25) is 0 Å². The van der Waals surface area contributed by atoms with Crippen LogP contribution < -0.4 is 4.74 Å². The summed E-state index contributed by atoms with van der Waals surface area (Å²) in [4.78, 5) is 0. The average Bonchev–Trinajstić information content (AvgIpc) is 2.25. The molecule has 0 N–H and O–H groups in total. The molecular formula is C13H16NO. The summed E-state index contributed by atoms with van der Waals surface area (Å²) in [7, 11) is 0. The molecule has 0 aliphatic carbocycles. The van der Waals surface area contributed by atoms with Gasteiger partial charge in [0.25, 0.3) is 0 Å². The van der Waals surface area contributed by atoms with Crippen molar-refractivity contribution in [1.82, 2.24) is 0 Å². The van der Waals surface area contributed by atoms with Gasteiger partial charge >= 0.3 is 0 Å². The van der Waals surface area contributed by atoms with Crippen LogP contribution in [0.15, 0.2) is 18.2 Å². The minimum Gasteiger partial charge on any atom is -0.492 e. The minimum absolute atomic E-state index is 0.613. The Labute approximate surface area is 91.5 Å². The van der Waals surface area contributed by atoms with Gasteiger partial charge in [-0.25, -0.2) is 0 Å². The third-order valence-corrected chi connectivity index (χ3v) is 2.14. The molecule has 79 valence electrons. The van der Waals surface area contributed by atoms with E-state index in [0.29, 0.717) is 17.9 Å². The molecule has 0 aromatic heterocycles. The van der Waals surface area contributed by atoms with Crippen LogP contribution in [0.3, 0.4) is 0 Å². The maximum atomic E-state index is 8.98. The van der Waals surface area contributed by atoms with Crippen molar-refractivity contribution in [2.24, 2.45) is 0 Å². The third-order valence-electron chi connectivity index (χ3n) is 2.14. The molecule has 2 heteroatoms. The van der Waals surface area contributed by atoms with Crippen LogP contribution in [0.5, 0.6) is 5.75 Å². The monoisotopic (exact) mass is 202 g/mol. The second-order valence-corrected chi connectivity index (χ2v) is 3.67. The van der Waals surface area contributed by atoms with E-state index in [2.05, 4.69) is 6.07 Å². The highest BCUT2D eigenvalue weighted by molar-refractivity contribution is 5.48. The predicted molar refractivity (Wildman–Crippen MR) is 60.6 cm³/mol. The summed E-state index contributed by atoms with van der Waals surface area (Å²) in [5.41, 5.74) is 1.71. The Morgan fingerprint density at radius 3 is 2.67 bits per heavy atom. The van der Waals surface area contributed by atoms with Crippen LogP contribution in [-0.4, -0.2) is 6.61 Å². The molecule has 1 aromatic rings. The number of hydrogen-bond donors (Lipinski definition) is 0. The zero-order chi connectivity index (χ0) is 11.3. The van der Waals surface area contributed by atoms with Crippen LogP contribution in [0.2, 0.25) is 0 Å². The maximum Gasteiger partial charge on any atom is 0.137 e. The van der Waals surface area contributed by atoms with E-state index in [9.17, 15) is 0 Å². The number of ether oxygens (including phenoxy) is 1. The normalized spacial score (nSPS) is 10.1. The van der Waals surface area contributed by atoms with E-state index in [4.69, 9.17) is 10.00 Å². The first kappa shape index (κ1) is 11.6. The summed E-state index contributed by atoms with van der Waals surface area (Å²) in [5.74, 6) is 1.89. The van der Waals surface area contributed by atoms with E-state index in [1.165, 1.54) is 5.92 Å². The summed E-state index contributed by atoms with van der Waals surface area (Å²) < 4.78 is 5.48. The Bertz CT molecular complexity index is 363. The molecule has 15 heavy (non-hydrogen) atoms. The van der Waals surface area contributed by atoms with Crippen molar-refractivity contribution in [2.75, 3.05) is 6.61 Å². The fourth-order valence-corrected chi connectivity index (χ4v) is 1.27. The fraction of sp³-hybridized carbons (Fsp3) is 0.385. The van der Waals surface area contributed by atoms with Gasteiger partial charge in [-0.1, -0.05) is 26.8 Å². The predicted octanol–water partition coefficient (Wildman–Crippen LogP) is 3.31. The molecule has 0 spiro atoms. The lowest BCUT2D eigenvalue weighted by Crippen LogP contribution is -1.98. The van der Waals surface area contributed by atoms with Crippen LogP contribution in [-0.2, 0) is 0 Å². The van der Waals surface area contributed by atoms with Gasteiger partial charge in [0.05, 0.1) is 12.2 Å². The van der Waals surface area contributed by atoms with Gasteiger partial charge in [0.2, 0.25) is 0 Å². The van der Waals surface area contributed by atoms with E-state index >= 15 is 0 Å². The van der Waals surface area contributed by atoms with Crippen LogP contribution in [0.4, 0.5) is 0 Å². The summed E-state index contributed by atoms with van der Waals surface area (Å²) in [6, 6.07) is 7.90. The van der Waals surface area contributed by atoms with E-state index < -0.39 is 0 Å². The van der Waals surface area contributed by atoms with E-state index in [1.54, 1.807) is 0 Å². The second kappa shape index (κ2) is 5.41. The van der Waals surface area contributed by atoms with Crippen LogP contribution in [0.1, 0.15) is 38.3 Å². The van der Waals surface area contributed by atoms with Crippen molar-refractivity contribution in [3.8, 4) is 11.8 Å². The first-order valence-electron chi connectivity index (χ1n) is 5.16. The Hall–Kier alpha value is -1.49. The van der Waals surface area contributed by atoms with Gasteiger partial charge in [-0.2, -0.15) is 5.26 Å². The molecular weight excluding hydrogens is 186 g/mol. The van der Waals surface area contributed by atoms with Crippen LogP contribution in [0, 0.1) is 17.2 Å². The van der Waals surface area contributed by atoms with Crippen LogP contribution in [0.25, 0.3) is 0 Å². The van der Waals surface area contributed by atoms with Gasteiger partial charge in [0, 0.05) is 0 Å². The highest BCUT2D eigenvalue weighted by Gasteiger charge is 2.06. The number of nitriles is 1. The lowest BCUT2D eigenvalue weighted by atomic mass is 10.0. The smallest absolute Gasteiger partial charge is 0.137 e. The molecule has 2 nitrogen and oxygen atoms in total. The van der Waals surface area contributed by atoms with E-state index in [0.717, 1.165) is 12.0 Å². The Morgan fingerprint density at radius 1 is 1.40 bits per heavy atom. The highest BCUT2D eigenvalue weighted by atomic mass is 16.5. The molecule has 0 amide bonds. The van der Waals surface area contributed by atoms with Crippen molar-refractivity contribution in [2.45, 2.75) is 27.2 Å². The molecule has 0 heterocycles. The lowest BCUT2D eigenvalue weighted by Gasteiger charge is -2.09. The number of hydrogen-bond acceptors (Lipinski definition) is 2. The largest absolute Gasteiger partial charge is 0.492 e. The minimum atomic E-state index is 0.613. The highest BCUT2D eigenvalue weighted by Crippen LogP contribution is 2.23. The molecule has 1 rings (SSSR count). The summed E-state index contributed by atoms with van der Waals surface area (Å²) in [6.07, 6.45) is 0.950. The molecule has 0 saturated heterocycles. The summed E-state index contributed by atoms with van der Waals surface area (Å²) >= 11 is 0. The molecule has 0 bridgehead atoms. The number of nitrogens with zero attached hydrogens (tertiary/aromatic N) is 1. The maximum absolute atomic E-state index is 8.98. The number of rotatable bonds is 4. The second-order valence-electron chi connectivity index (χ2n) is 3.67. The van der Waals surface area contributed by atoms with Gasteiger partial charge in [-0.15, -0.1) is 0 Å². The first-order chi connectivity index (χ1) is 7.19. The van der Waals surface area contributed by atoms with Crippen molar-refractivity contribution >= 4 is 0 Å². The van der Waals surface area contributed by atoms with Gasteiger partial charge in [0.1, 0.15) is 11.8 Å². The molecule has 0 fully saturated rings. The standard InChI is InChI=1S/C13H16NO/c1-4-7-15-13-6-5-11(10(2)3)8-12(13)9-14/h5-6,8H,4,7H2,1-3H3. The molecule has 1 radical (unpaired) electrons. The van der Waals surface area contributed by atoms with Crippen molar-refractivity contribution in [1.29, 1.82) is 5.26 Å². The first-order valence-corrected chi connectivity index (χ1v) is 5.16. The van der Waals surface area contributed by atoms with E-state index in [1.807, 2.05) is 39.0 Å². The average molecular weight is 202 g/mol. The zero-order valence-electron chi connectivity index (χ0n) is 9.50. The Kier molecular flexibility index (Phi) is 4.17. The fourth-order valence-electron chi connectivity index (χ4n) is 1.27. The van der Waals surface area contributed by atoms with Crippen LogP contribution >= 0.6 is 0 Å².